The van der Waals surface area contributed by atoms with Gasteiger partial charge in [0.1, 0.15) is 11.5 Å². The molecule has 0 amide bonds. The first kappa shape index (κ1) is 28.3. The quantitative estimate of drug-likeness (QED) is 0.176. The van der Waals surface area contributed by atoms with E-state index in [1.165, 1.54) is 73.7 Å². The van der Waals surface area contributed by atoms with Crippen molar-refractivity contribution in [1.29, 1.82) is 0 Å². The molecular weight excluding hydrogens is 446 g/mol. The standard InChI is InChI=1S/C31H49N3O2/c1-6-16-33(17-7-2)20-10-22-35-26-12-14-28-29-15-13-27(25-31(29)32(5)30(28)24-26)36-23-11-21-34(18-8-3)19-9-4/h12-15,24-25H,6-11,16-23H2,1-5H3. The zero-order valence-electron chi connectivity index (χ0n) is 23.5. The largest absolute Gasteiger partial charge is 0.493 e. The van der Waals surface area contributed by atoms with Crippen LogP contribution in [0.25, 0.3) is 21.8 Å². The van der Waals surface area contributed by atoms with Gasteiger partial charge in [-0.25, -0.2) is 0 Å². The number of ether oxygens (including phenoxy) is 2. The van der Waals surface area contributed by atoms with Crippen LogP contribution in [0.2, 0.25) is 0 Å². The van der Waals surface area contributed by atoms with E-state index in [2.05, 4.69) is 85.5 Å². The molecule has 2 aromatic carbocycles. The molecule has 200 valence electrons. The van der Waals surface area contributed by atoms with Crippen molar-refractivity contribution in [3.05, 3.63) is 36.4 Å². The lowest BCUT2D eigenvalue weighted by Gasteiger charge is -2.20. The van der Waals surface area contributed by atoms with Crippen molar-refractivity contribution < 1.29 is 9.47 Å². The van der Waals surface area contributed by atoms with Crippen LogP contribution < -0.4 is 9.47 Å². The Kier molecular flexibility index (Phi) is 11.9. The molecule has 0 aliphatic rings. The molecule has 0 saturated heterocycles. The molecule has 36 heavy (non-hydrogen) atoms. The van der Waals surface area contributed by atoms with Gasteiger partial charge in [-0.15, -0.1) is 0 Å². The van der Waals surface area contributed by atoms with Crippen molar-refractivity contribution >= 4 is 21.8 Å². The lowest BCUT2D eigenvalue weighted by Crippen LogP contribution is -2.27. The fraction of sp³-hybridized carbons (Fsp3) is 0.613. The van der Waals surface area contributed by atoms with Gasteiger partial charge in [-0.1, -0.05) is 27.7 Å². The summed E-state index contributed by atoms with van der Waals surface area (Å²) in [5, 5.41) is 2.52. The summed E-state index contributed by atoms with van der Waals surface area (Å²) in [6, 6.07) is 13.0. The number of benzene rings is 2. The average molecular weight is 496 g/mol. The summed E-state index contributed by atoms with van der Waals surface area (Å²) in [4.78, 5) is 5.09. The molecular formula is C31H49N3O2. The van der Waals surface area contributed by atoms with E-state index in [1.54, 1.807) is 0 Å². The van der Waals surface area contributed by atoms with Crippen molar-refractivity contribution in [2.45, 2.75) is 66.2 Å². The fourth-order valence-corrected chi connectivity index (χ4v) is 5.23. The van der Waals surface area contributed by atoms with E-state index in [0.29, 0.717) is 0 Å². The molecule has 0 aliphatic carbocycles. The number of aromatic nitrogens is 1. The third-order valence-electron chi connectivity index (χ3n) is 6.89. The van der Waals surface area contributed by atoms with E-state index >= 15 is 0 Å². The Hall–Kier alpha value is -2.24. The molecule has 0 atom stereocenters. The van der Waals surface area contributed by atoms with Crippen LogP contribution in [0.3, 0.4) is 0 Å². The summed E-state index contributed by atoms with van der Waals surface area (Å²) in [5.41, 5.74) is 2.40. The first-order valence-electron chi connectivity index (χ1n) is 14.3. The van der Waals surface area contributed by atoms with Gasteiger partial charge < -0.3 is 23.8 Å². The second kappa shape index (κ2) is 15.1. The number of hydrogen-bond donors (Lipinski definition) is 0. The Morgan fingerprint density at radius 3 is 1.33 bits per heavy atom. The second-order valence-corrected chi connectivity index (χ2v) is 10.0. The highest BCUT2D eigenvalue weighted by Crippen LogP contribution is 2.33. The van der Waals surface area contributed by atoms with Gasteiger partial charge in [0.05, 0.1) is 24.2 Å². The van der Waals surface area contributed by atoms with E-state index in [1.807, 2.05) is 0 Å². The average Bonchev–Trinajstić information content (AvgIpc) is 3.15. The van der Waals surface area contributed by atoms with E-state index in [9.17, 15) is 0 Å². The third-order valence-corrected chi connectivity index (χ3v) is 6.89. The lowest BCUT2D eigenvalue weighted by atomic mass is 10.1. The predicted octanol–water partition coefficient (Wildman–Crippen LogP) is 7.11. The van der Waals surface area contributed by atoms with Crippen LogP contribution in [0.5, 0.6) is 11.5 Å². The molecule has 3 rings (SSSR count). The lowest BCUT2D eigenvalue weighted by molar-refractivity contribution is 0.234. The Morgan fingerprint density at radius 1 is 0.583 bits per heavy atom. The number of nitrogens with zero attached hydrogens (tertiary/aromatic N) is 3. The number of aryl methyl sites for hydroxylation is 1. The summed E-state index contributed by atoms with van der Waals surface area (Å²) in [6.07, 6.45) is 6.96. The van der Waals surface area contributed by atoms with Crippen LogP contribution in [0.15, 0.2) is 36.4 Å². The van der Waals surface area contributed by atoms with E-state index in [-0.39, 0.29) is 0 Å². The minimum atomic E-state index is 0.755. The van der Waals surface area contributed by atoms with Gasteiger partial charge in [-0.2, -0.15) is 0 Å². The highest BCUT2D eigenvalue weighted by atomic mass is 16.5. The molecule has 5 nitrogen and oxygen atoms in total. The molecule has 0 unspecified atom stereocenters. The van der Waals surface area contributed by atoms with Gasteiger partial charge in [0.2, 0.25) is 0 Å². The zero-order valence-corrected chi connectivity index (χ0v) is 23.5. The Morgan fingerprint density at radius 2 is 0.972 bits per heavy atom. The number of hydrogen-bond acceptors (Lipinski definition) is 4. The van der Waals surface area contributed by atoms with Gasteiger partial charge in [0, 0.05) is 43.0 Å². The number of rotatable bonds is 18. The molecule has 3 aromatic rings. The van der Waals surface area contributed by atoms with Crippen LogP contribution in [-0.4, -0.2) is 66.8 Å². The minimum Gasteiger partial charge on any atom is -0.493 e. The molecule has 1 aromatic heterocycles. The SMILES string of the molecule is CCCN(CCC)CCCOc1ccc2c3ccc(OCCCN(CCC)CCC)cc3n(C)c2c1. The molecule has 0 aliphatic heterocycles. The first-order valence-corrected chi connectivity index (χ1v) is 14.3. The monoisotopic (exact) mass is 495 g/mol. The molecule has 0 saturated carbocycles. The predicted molar refractivity (Wildman–Crippen MR) is 155 cm³/mol. The highest BCUT2D eigenvalue weighted by Gasteiger charge is 2.11. The van der Waals surface area contributed by atoms with Crippen LogP contribution in [0.1, 0.15) is 66.2 Å². The van der Waals surface area contributed by atoms with Crippen LogP contribution in [0, 0.1) is 0 Å². The van der Waals surface area contributed by atoms with E-state index < -0.39 is 0 Å². The molecule has 5 heteroatoms. The van der Waals surface area contributed by atoms with Crippen molar-refractivity contribution in [1.82, 2.24) is 14.4 Å². The smallest absolute Gasteiger partial charge is 0.121 e. The van der Waals surface area contributed by atoms with Gasteiger partial charge in [-0.3, -0.25) is 0 Å². The maximum Gasteiger partial charge on any atom is 0.121 e. The zero-order chi connectivity index (χ0) is 25.8. The van der Waals surface area contributed by atoms with E-state index in [4.69, 9.17) is 9.47 Å². The van der Waals surface area contributed by atoms with Gasteiger partial charge in [0.15, 0.2) is 0 Å². The normalized spacial score (nSPS) is 11.9. The van der Waals surface area contributed by atoms with Gasteiger partial charge in [-0.05, 0) is 89.0 Å². The van der Waals surface area contributed by atoms with Crippen LogP contribution in [0.4, 0.5) is 0 Å². The summed E-state index contributed by atoms with van der Waals surface area (Å²) < 4.78 is 14.6. The summed E-state index contributed by atoms with van der Waals surface area (Å²) >= 11 is 0. The van der Waals surface area contributed by atoms with Crippen LogP contribution >= 0.6 is 0 Å². The van der Waals surface area contributed by atoms with Crippen molar-refractivity contribution in [3.63, 3.8) is 0 Å². The van der Waals surface area contributed by atoms with Crippen molar-refractivity contribution in [3.8, 4) is 11.5 Å². The maximum atomic E-state index is 6.15. The highest BCUT2D eigenvalue weighted by molar-refractivity contribution is 6.08. The summed E-state index contributed by atoms with van der Waals surface area (Å²) in [5.74, 6) is 1.90. The number of fused-ring (bicyclic) bond motifs is 3. The molecule has 0 radical (unpaired) electrons. The van der Waals surface area contributed by atoms with Crippen molar-refractivity contribution in [2.75, 3.05) is 52.5 Å². The van der Waals surface area contributed by atoms with E-state index in [0.717, 1.165) is 50.6 Å². The molecule has 0 fully saturated rings. The first-order chi connectivity index (χ1) is 17.6. The Labute approximate surface area is 219 Å². The topological polar surface area (TPSA) is 29.9 Å². The minimum absolute atomic E-state index is 0.755. The van der Waals surface area contributed by atoms with Crippen molar-refractivity contribution in [2.24, 2.45) is 7.05 Å². The summed E-state index contributed by atoms with van der Waals surface area (Å²) in [6.45, 7) is 17.4. The van der Waals surface area contributed by atoms with Crippen LogP contribution in [-0.2, 0) is 7.05 Å². The summed E-state index contributed by atoms with van der Waals surface area (Å²) in [7, 11) is 2.14. The second-order valence-electron chi connectivity index (χ2n) is 10.0. The molecule has 0 bridgehead atoms. The molecule has 0 N–H and O–H groups in total. The van der Waals surface area contributed by atoms with Gasteiger partial charge >= 0.3 is 0 Å². The fourth-order valence-electron chi connectivity index (χ4n) is 5.23. The Balaban J connectivity index is 1.59. The maximum absolute atomic E-state index is 6.15. The third kappa shape index (κ3) is 7.88. The van der Waals surface area contributed by atoms with Gasteiger partial charge in [0.25, 0.3) is 0 Å². The molecule has 1 heterocycles. The molecule has 0 spiro atoms. The Bertz CT molecular complexity index is 952.